The standard InChI is InChI=1S/C16H9NO6S2/c18-13-12(7-11-2-1-3-23-11)25-16(24)17(13)10-5-8(14(19)20)4-9(6-10)15(21)22/h1-7H,(H,19,20)(H,21,22). The maximum absolute atomic E-state index is 12.6. The molecular formula is C16H9NO6S2. The molecule has 1 aromatic carbocycles. The number of hydrogen-bond donors (Lipinski definition) is 2. The summed E-state index contributed by atoms with van der Waals surface area (Å²) in [5, 5.41) is 18.3. The van der Waals surface area contributed by atoms with Gasteiger partial charge in [-0.15, -0.1) is 0 Å². The molecule has 9 heteroatoms. The van der Waals surface area contributed by atoms with E-state index < -0.39 is 17.8 Å². The van der Waals surface area contributed by atoms with E-state index in [1.54, 1.807) is 12.1 Å². The number of carbonyl (C=O) groups is 3. The van der Waals surface area contributed by atoms with Gasteiger partial charge in [0, 0.05) is 6.08 Å². The molecule has 2 aromatic rings. The van der Waals surface area contributed by atoms with Crippen molar-refractivity contribution in [1.29, 1.82) is 0 Å². The Kier molecular flexibility index (Phi) is 4.43. The molecule has 0 bridgehead atoms. The van der Waals surface area contributed by atoms with E-state index in [4.69, 9.17) is 26.8 Å². The predicted octanol–water partition coefficient (Wildman–Crippen LogP) is 3.08. The van der Waals surface area contributed by atoms with E-state index in [1.165, 1.54) is 24.5 Å². The first kappa shape index (κ1) is 16.9. The lowest BCUT2D eigenvalue weighted by molar-refractivity contribution is -0.113. The van der Waals surface area contributed by atoms with Gasteiger partial charge in [-0.05, 0) is 30.3 Å². The number of benzene rings is 1. The number of carboxylic acids is 2. The molecule has 1 aliphatic heterocycles. The summed E-state index contributed by atoms with van der Waals surface area (Å²) in [6.07, 6.45) is 2.97. The Hall–Kier alpha value is -2.91. The largest absolute Gasteiger partial charge is 0.478 e. The van der Waals surface area contributed by atoms with Crippen molar-refractivity contribution in [2.24, 2.45) is 0 Å². The molecule has 25 heavy (non-hydrogen) atoms. The highest BCUT2D eigenvalue weighted by Crippen LogP contribution is 2.36. The van der Waals surface area contributed by atoms with E-state index in [1.807, 2.05) is 0 Å². The van der Waals surface area contributed by atoms with Crippen LogP contribution in [0, 0.1) is 0 Å². The number of carboxylic acid groups (broad SMARTS) is 2. The molecule has 0 saturated carbocycles. The Morgan fingerprint density at radius 2 is 1.80 bits per heavy atom. The van der Waals surface area contributed by atoms with Crippen LogP contribution in [-0.4, -0.2) is 32.4 Å². The molecule has 1 amide bonds. The third kappa shape index (κ3) is 3.32. The number of nitrogens with zero attached hydrogens (tertiary/aromatic N) is 1. The zero-order chi connectivity index (χ0) is 18.1. The molecule has 0 spiro atoms. The van der Waals surface area contributed by atoms with Crippen LogP contribution in [-0.2, 0) is 4.79 Å². The van der Waals surface area contributed by atoms with E-state index in [9.17, 15) is 14.4 Å². The second-order valence-corrected chi connectivity index (χ2v) is 6.59. The molecule has 1 fully saturated rings. The highest BCUT2D eigenvalue weighted by atomic mass is 32.2. The summed E-state index contributed by atoms with van der Waals surface area (Å²) >= 11 is 6.21. The SMILES string of the molecule is O=C(O)c1cc(C(=O)O)cc(N2C(=O)C(=Cc3ccco3)SC2=S)c1. The van der Waals surface area contributed by atoms with Crippen molar-refractivity contribution < 1.29 is 29.0 Å². The second kappa shape index (κ2) is 6.54. The number of furan rings is 1. The summed E-state index contributed by atoms with van der Waals surface area (Å²) in [7, 11) is 0. The third-order valence-electron chi connectivity index (χ3n) is 3.28. The first-order valence-corrected chi connectivity index (χ1v) is 8.02. The summed E-state index contributed by atoms with van der Waals surface area (Å²) < 4.78 is 5.33. The number of anilines is 1. The van der Waals surface area contributed by atoms with Crippen LogP contribution in [0.4, 0.5) is 5.69 Å². The van der Waals surface area contributed by atoms with Gasteiger partial charge in [0.15, 0.2) is 4.32 Å². The van der Waals surface area contributed by atoms with Gasteiger partial charge in [0.05, 0.1) is 28.0 Å². The highest BCUT2D eigenvalue weighted by Gasteiger charge is 2.34. The van der Waals surface area contributed by atoms with Crippen LogP contribution in [0.15, 0.2) is 45.9 Å². The van der Waals surface area contributed by atoms with Crippen molar-refractivity contribution in [3.8, 4) is 0 Å². The lowest BCUT2D eigenvalue weighted by Gasteiger charge is -2.16. The first-order valence-electron chi connectivity index (χ1n) is 6.80. The Morgan fingerprint density at radius 1 is 1.16 bits per heavy atom. The minimum absolute atomic E-state index is 0.0858. The number of carbonyl (C=O) groups excluding carboxylic acids is 1. The van der Waals surface area contributed by atoms with Crippen LogP contribution in [0.1, 0.15) is 26.5 Å². The zero-order valence-electron chi connectivity index (χ0n) is 12.3. The number of thioether (sulfide) groups is 1. The van der Waals surface area contributed by atoms with Gasteiger partial charge in [-0.3, -0.25) is 9.69 Å². The van der Waals surface area contributed by atoms with Crippen molar-refractivity contribution in [2.45, 2.75) is 0 Å². The van der Waals surface area contributed by atoms with Gasteiger partial charge in [0.25, 0.3) is 5.91 Å². The minimum atomic E-state index is -1.30. The van der Waals surface area contributed by atoms with Crippen LogP contribution in [0.25, 0.3) is 6.08 Å². The summed E-state index contributed by atoms with van der Waals surface area (Å²) in [5.41, 5.74) is -0.416. The van der Waals surface area contributed by atoms with Gasteiger partial charge < -0.3 is 14.6 Å². The van der Waals surface area contributed by atoms with Crippen molar-refractivity contribution in [3.05, 3.63) is 58.4 Å². The van der Waals surface area contributed by atoms with E-state index in [2.05, 4.69) is 0 Å². The number of rotatable bonds is 4. The summed E-state index contributed by atoms with van der Waals surface area (Å²) in [4.78, 5) is 36.5. The van der Waals surface area contributed by atoms with E-state index in [0.29, 0.717) is 5.76 Å². The van der Waals surface area contributed by atoms with E-state index in [-0.39, 0.29) is 26.0 Å². The van der Waals surface area contributed by atoms with E-state index in [0.717, 1.165) is 22.7 Å². The molecule has 0 unspecified atom stereocenters. The summed E-state index contributed by atoms with van der Waals surface area (Å²) in [6, 6.07) is 6.76. The van der Waals surface area contributed by atoms with Gasteiger partial charge in [-0.25, -0.2) is 9.59 Å². The van der Waals surface area contributed by atoms with Crippen molar-refractivity contribution >= 4 is 57.9 Å². The molecule has 0 atom stereocenters. The van der Waals surface area contributed by atoms with Crippen LogP contribution in [0.5, 0.6) is 0 Å². The highest BCUT2D eigenvalue weighted by molar-refractivity contribution is 8.27. The molecule has 7 nitrogen and oxygen atoms in total. The van der Waals surface area contributed by atoms with Crippen molar-refractivity contribution in [3.63, 3.8) is 0 Å². The fourth-order valence-electron chi connectivity index (χ4n) is 2.18. The van der Waals surface area contributed by atoms with Gasteiger partial charge in [0.1, 0.15) is 5.76 Å². The smallest absolute Gasteiger partial charge is 0.335 e. The molecule has 126 valence electrons. The molecule has 1 aromatic heterocycles. The van der Waals surface area contributed by atoms with Crippen LogP contribution in [0.2, 0.25) is 0 Å². The molecule has 2 heterocycles. The maximum atomic E-state index is 12.6. The monoisotopic (exact) mass is 375 g/mol. The fourth-order valence-corrected chi connectivity index (χ4v) is 3.46. The lowest BCUT2D eigenvalue weighted by Crippen LogP contribution is -2.28. The zero-order valence-corrected chi connectivity index (χ0v) is 14.0. The maximum Gasteiger partial charge on any atom is 0.335 e. The van der Waals surface area contributed by atoms with Gasteiger partial charge in [-0.1, -0.05) is 24.0 Å². The molecule has 0 radical (unpaired) electrons. The average molecular weight is 375 g/mol. The number of amides is 1. The normalized spacial score (nSPS) is 15.8. The molecule has 3 rings (SSSR count). The van der Waals surface area contributed by atoms with Gasteiger partial charge >= 0.3 is 11.9 Å². The number of aromatic carboxylic acids is 2. The van der Waals surface area contributed by atoms with E-state index >= 15 is 0 Å². The predicted molar refractivity (Wildman–Crippen MR) is 94.7 cm³/mol. The molecule has 2 N–H and O–H groups in total. The molecule has 1 aliphatic rings. The Bertz CT molecular complexity index is 900. The quantitative estimate of drug-likeness (QED) is 0.620. The lowest BCUT2D eigenvalue weighted by atomic mass is 10.1. The fraction of sp³-hybridized carbons (Fsp3) is 0. The summed E-state index contributed by atoms with van der Waals surface area (Å²) in [5.74, 6) is -2.63. The van der Waals surface area contributed by atoms with Crippen molar-refractivity contribution in [2.75, 3.05) is 4.90 Å². The second-order valence-electron chi connectivity index (χ2n) is 4.91. The van der Waals surface area contributed by atoms with Crippen molar-refractivity contribution in [1.82, 2.24) is 0 Å². The Labute approximate surface area is 150 Å². The topological polar surface area (TPSA) is 108 Å². The molecule has 1 saturated heterocycles. The van der Waals surface area contributed by atoms with Crippen LogP contribution < -0.4 is 4.90 Å². The van der Waals surface area contributed by atoms with Gasteiger partial charge in [-0.2, -0.15) is 0 Å². The molecule has 0 aliphatic carbocycles. The van der Waals surface area contributed by atoms with Crippen LogP contribution >= 0.6 is 24.0 Å². The number of thiocarbonyl (C=S) groups is 1. The number of hydrogen-bond acceptors (Lipinski definition) is 6. The summed E-state index contributed by atoms with van der Waals surface area (Å²) in [6.45, 7) is 0. The van der Waals surface area contributed by atoms with Gasteiger partial charge in [0.2, 0.25) is 0 Å². The Balaban J connectivity index is 2.04. The minimum Gasteiger partial charge on any atom is -0.478 e. The van der Waals surface area contributed by atoms with Crippen LogP contribution in [0.3, 0.4) is 0 Å². The Morgan fingerprint density at radius 3 is 2.32 bits per heavy atom. The third-order valence-corrected chi connectivity index (χ3v) is 4.58. The first-order chi connectivity index (χ1) is 11.9. The molecular weight excluding hydrogens is 366 g/mol. The average Bonchev–Trinajstić information content (AvgIpc) is 3.16.